The minimum Gasteiger partial charge on any atom is -0.497 e. The van der Waals surface area contributed by atoms with E-state index in [1.54, 1.807) is 0 Å². The lowest BCUT2D eigenvalue weighted by molar-refractivity contribution is 0.0137. The van der Waals surface area contributed by atoms with Crippen molar-refractivity contribution in [2.45, 2.75) is 72.3 Å². The summed E-state index contributed by atoms with van der Waals surface area (Å²) >= 11 is 0. The van der Waals surface area contributed by atoms with Crippen LogP contribution in [0.3, 0.4) is 0 Å². The molecule has 1 nitrogen and oxygen atoms in total. The van der Waals surface area contributed by atoms with Crippen LogP contribution in [-0.4, -0.2) is 6.10 Å². The van der Waals surface area contributed by atoms with Crippen LogP contribution in [0.2, 0.25) is 0 Å². The standard InChI is InChI=1S/C18H30O/c1-5-6-7-8-9-10-13-19-18-14-16(4)11-12-17(18)15(2)3/h10,13,15-18H,5-7,11-12,14H2,1-4H3/b13-10-/t16-,17+,18-/m0/s1. The molecule has 0 aliphatic heterocycles. The summed E-state index contributed by atoms with van der Waals surface area (Å²) in [6, 6.07) is 0. The third kappa shape index (κ3) is 6.19. The molecule has 0 amide bonds. The fourth-order valence-electron chi connectivity index (χ4n) is 2.84. The van der Waals surface area contributed by atoms with E-state index in [0.717, 1.165) is 12.3 Å². The Labute approximate surface area is 119 Å². The van der Waals surface area contributed by atoms with Crippen molar-refractivity contribution < 1.29 is 4.74 Å². The molecule has 0 aromatic heterocycles. The van der Waals surface area contributed by atoms with Gasteiger partial charge >= 0.3 is 0 Å². The van der Waals surface area contributed by atoms with Gasteiger partial charge in [-0.25, -0.2) is 0 Å². The molecule has 0 saturated heterocycles. The van der Waals surface area contributed by atoms with Crippen LogP contribution in [-0.2, 0) is 4.74 Å². The summed E-state index contributed by atoms with van der Waals surface area (Å²) in [5.41, 5.74) is 0. The van der Waals surface area contributed by atoms with Crippen LogP contribution in [0.15, 0.2) is 12.3 Å². The van der Waals surface area contributed by atoms with E-state index in [1.165, 1.54) is 32.1 Å². The van der Waals surface area contributed by atoms with E-state index in [9.17, 15) is 0 Å². The fourth-order valence-corrected chi connectivity index (χ4v) is 2.84. The molecule has 0 aromatic rings. The highest BCUT2D eigenvalue weighted by atomic mass is 16.5. The SMILES string of the molecule is CCCCC#C/C=C\O[C@H]1C[C@@H](C)CC[C@@H]1C(C)C. The first kappa shape index (κ1) is 16.2. The Morgan fingerprint density at radius 3 is 2.79 bits per heavy atom. The van der Waals surface area contributed by atoms with E-state index in [0.29, 0.717) is 17.9 Å². The summed E-state index contributed by atoms with van der Waals surface area (Å²) in [5.74, 6) is 8.42. The number of hydrogen-bond donors (Lipinski definition) is 0. The second-order valence-corrected chi connectivity index (χ2v) is 6.23. The molecule has 1 fully saturated rings. The van der Waals surface area contributed by atoms with E-state index < -0.39 is 0 Å². The van der Waals surface area contributed by atoms with E-state index in [4.69, 9.17) is 4.74 Å². The van der Waals surface area contributed by atoms with Crippen molar-refractivity contribution in [1.29, 1.82) is 0 Å². The third-order valence-corrected chi connectivity index (χ3v) is 4.12. The van der Waals surface area contributed by atoms with Crippen molar-refractivity contribution in [2.24, 2.45) is 17.8 Å². The van der Waals surface area contributed by atoms with Crippen molar-refractivity contribution in [3.8, 4) is 11.8 Å². The molecule has 0 heterocycles. The predicted octanol–water partition coefficient (Wildman–Crippen LogP) is 5.17. The van der Waals surface area contributed by atoms with E-state index in [2.05, 4.69) is 39.5 Å². The Kier molecular flexibility index (Phi) is 7.72. The number of rotatable bonds is 5. The molecule has 1 aliphatic rings. The van der Waals surface area contributed by atoms with E-state index in [-0.39, 0.29) is 0 Å². The molecular formula is C18H30O. The van der Waals surface area contributed by atoms with E-state index >= 15 is 0 Å². The number of unbranched alkanes of at least 4 members (excludes halogenated alkanes) is 2. The molecule has 1 heteroatoms. The molecule has 0 bridgehead atoms. The van der Waals surface area contributed by atoms with Gasteiger partial charge in [-0.15, -0.1) is 0 Å². The van der Waals surface area contributed by atoms with E-state index in [1.807, 2.05) is 12.3 Å². The molecule has 0 aromatic carbocycles. The van der Waals surface area contributed by atoms with Crippen LogP contribution in [0.25, 0.3) is 0 Å². The van der Waals surface area contributed by atoms with Gasteiger partial charge in [0.2, 0.25) is 0 Å². The number of ether oxygens (including phenoxy) is 1. The van der Waals surface area contributed by atoms with Crippen molar-refractivity contribution in [3.05, 3.63) is 12.3 Å². The van der Waals surface area contributed by atoms with Gasteiger partial charge in [0.15, 0.2) is 0 Å². The highest BCUT2D eigenvalue weighted by Gasteiger charge is 2.31. The molecule has 19 heavy (non-hydrogen) atoms. The molecule has 108 valence electrons. The quantitative estimate of drug-likeness (QED) is 0.377. The van der Waals surface area contributed by atoms with Gasteiger partial charge in [-0.05, 0) is 37.0 Å². The number of hydrogen-bond acceptors (Lipinski definition) is 1. The molecule has 3 atom stereocenters. The molecular weight excluding hydrogens is 232 g/mol. The first-order valence-electron chi connectivity index (χ1n) is 7.94. The zero-order valence-electron chi connectivity index (χ0n) is 13.1. The minimum absolute atomic E-state index is 0.387. The van der Waals surface area contributed by atoms with Crippen LogP contribution in [0, 0.1) is 29.6 Å². The molecule has 1 rings (SSSR count). The topological polar surface area (TPSA) is 9.23 Å². The zero-order valence-corrected chi connectivity index (χ0v) is 13.1. The van der Waals surface area contributed by atoms with Gasteiger partial charge in [0.05, 0.1) is 6.26 Å². The smallest absolute Gasteiger partial charge is 0.101 e. The lowest BCUT2D eigenvalue weighted by atomic mass is 9.75. The maximum Gasteiger partial charge on any atom is 0.101 e. The summed E-state index contributed by atoms with van der Waals surface area (Å²) < 4.78 is 5.95. The summed E-state index contributed by atoms with van der Waals surface area (Å²) in [5, 5.41) is 0. The molecule has 1 aliphatic carbocycles. The number of allylic oxidation sites excluding steroid dienone is 1. The molecule has 0 unspecified atom stereocenters. The van der Waals surface area contributed by atoms with Gasteiger partial charge in [-0.1, -0.05) is 52.4 Å². The monoisotopic (exact) mass is 262 g/mol. The second-order valence-electron chi connectivity index (χ2n) is 6.23. The molecule has 0 radical (unpaired) electrons. The second kappa shape index (κ2) is 9.08. The van der Waals surface area contributed by atoms with Gasteiger partial charge < -0.3 is 4.74 Å². The van der Waals surface area contributed by atoms with Gasteiger partial charge in [0.25, 0.3) is 0 Å². The summed E-state index contributed by atoms with van der Waals surface area (Å²) in [4.78, 5) is 0. The highest BCUT2D eigenvalue weighted by molar-refractivity contribution is 5.13. The van der Waals surface area contributed by atoms with Crippen LogP contribution in [0.5, 0.6) is 0 Å². The maximum atomic E-state index is 5.95. The Hall–Kier alpha value is -0.900. The maximum absolute atomic E-state index is 5.95. The molecule has 0 N–H and O–H groups in total. The molecule has 1 saturated carbocycles. The van der Waals surface area contributed by atoms with Crippen molar-refractivity contribution >= 4 is 0 Å². The van der Waals surface area contributed by atoms with Crippen molar-refractivity contribution in [1.82, 2.24) is 0 Å². The van der Waals surface area contributed by atoms with Crippen LogP contribution in [0.1, 0.15) is 66.2 Å². The average Bonchev–Trinajstić information content (AvgIpc) is 2.37. The highest BCUT2D eigenvalue weighted by Crippen LogP contribution is 2.35. The lowest BCUT2D eigenvalue weighted by Gasteiger charge is -2.36. The van der Waals surface area contributed by atoms with Gasteiger partial charge in [0, 0.05) is 12.5 Å². The lowest BCUT2D eigenvalue weighted by Crippen LogP contribution is -2.33. The Bertz CT molecular complexity index is 318. The first-order valence-corrected chi connectivity index (χ1v) is 7.94. The fraction of sp³-hybridized carbons (Fsp3) is 0.778. The Morgan fingerprint density at radius 2 is 2.11 bits per heavy atom. The molecule has 0 spiro atoms. The van der Waals surface area contributed by atoms with Gasteiger partial charge in [0.1, 0.15) is 6.10 Å². The predicted molar refractivity (Wildman–Crippen MR) is 82.7 cm³/mol. The summed E-state index contributed by atoms with van der Waals surface area (Å²) in [6.07, 6.45) is 11.3. The average molecular weight is 262 g/mol. The van der Waals surface area contributed by atoms with Crippen molar-refractivity contribution in [3.63, 3.8) is 0 Å². The van der Waals surface area contributed by atoms with Gasteiger partial charge in [-0.2, -0.15) is 0 Å². The first-order chi connectivity index (χ1) is 9.15. The normalized spacial score (nSPS) is 27.3. The van der Waals surface area contributed by atoms with Crippen molar-refractivity contribution in [2.75, 3.05) is 0 Å². The van der Waals surface area contributed by atoms with Crippen LogP contribution >= 0.6 is 0 Å². The van der Waals surface area contributed by atoms with Crippen LogP contribution < -0.4 is 0 Å². The third-order valence-electron chi connectivity index (χ3n) is 4.12. The Morgan fingerprint density at radius 1 is 1.32 bits per heavy atom. The van der Waals surface area contributed by atoms with Crippen LogP contribution in [0.4, 0.5) is 0 Å². The summed E-state index contributed by atoms with van der Waals surface area (Å²) in [6.45, 7) is 9.15. The Balaban J connectivity index is 2.39. The summed E-state index contributed by atoms with van der Waals surface area (Å²) in [7, 11) is 0. The zero-order chi connectivity index (χ0) is 14.1. The largest absolute Gasteiger partial charge is 0.497 e. The minimum atomic E-state index is 0.387. The van der Waals surface area contributed by atoms with Gasteiger partial charge in [-0.3, -0.25) is 0 Å².